The van der Waals surface area contributed by atoms with E-state index in [9.17, 15) is 0 Å². The molecule has 14 heavy (non-hydrogen) atoms. The molecule has 0 saturated heterocycles. The van der Waals surface area contributed by atoms with Gasteiger partial charge in [0.05, 0.1) is 0 Å². The monoisotopic (exact) mass is 213 g/mol. The molecule has 1 aromatic rings. The molecule has 1 rings (SSSR count). The van der Waals surface area contributed by atoms with Crippen LogP contribution in [0.3, 0.4) is 0 Å². The summed E-state index contributed by atoms with van der Waals surface area (Å²) in [4.78, 5) is 11.9. The standard InChI is InChI=1S/C8H12ClN5/c1-3-5-11-8-13-6(9)12-7(14-8)10-4-2/h3H,1,4-5H2,2H3,(H2,10,11,12,13,14). The number of halogens is 1. The third-order valence-corrected chi connectivity index (χ3v) is 1.52. The molecule has 0 aliphatic heterocycles. The average molecular weight is 214 g/mol. The number of hydrogen-bond acceptors (Lipinski definition) is 5. The van der Waals surface area contributed by atoms with Gasteiger partial charge < -0.3 is 10.6 Å². The Morgan fingerprint density at radius 3 is 2.50 bits per heavy atom. The van der Waals surface area contributed by atoms with Gasteiger partial charge in [-0.15, -0.1) is 6.58 Å². The molecule has 0 spiro atoms. The molecule has 0 unspecified atom stereocenters. The van der Waals surface area contributed by atoms with Crippen LogP contribution in [0.2, 0.25) is 5.28 Å². The Bertz CT molecular complexity index is 315. The molecule has 76 valence electrons. The van der Waals surface area contributed by atoms with Gasteiger partial charge in [-0.1, -0.05) is 6.08 Å². The van der Waals surface area contributed by atoms with Crippen molar-refractivity contribution in [3.63, 3.8) is 0 Å². The highest BCUT2D eigenvalue weighted by Gasteiger charge is 2.02. The quantitative estimate of drug-likeness (QED) is 0.727. The van der Waals surface area contributed by atoms with Gasteiger partial charge in [-0.25, -0.2) is 0 Å². The summed E-state index contributed by atoms with van der Waals surface area (Å²) in [6.07, 6.45) is 1.71. The van der Waals surface area contributed by atoms with Crippen LogP contribution < -0.4 is 10.6 Å². The van der Waals surface area contributed by atoms with Gasteiger partial charge in [0.2, 0.25) is 17.2 Å². The molecule has 0 saturated carbocycles. The molecule has 2 N–H and O–H groups in total. The Hall–Kier alpha value is -1.36. The van der Waals surface area contributed by atoms with E-state index in [0.717, 1.165) is 6.54 Å². The highest BCUT2D eigenvalue weighted by atomic mass is 35.5. The van der Waals surface area contributed by atoms with E-state index in [2.05, 4.69) is 32.2 Å². The minimum Gasteiger partial charge on any atom is -0.354 e. The zero-order valence-corrected chi connectivity index (χ0v) is 8.67. The van der Waals surface area contributed by atoms with Gasteiger partial charge >= 0.3 is 0 Å². The van der Waals surface area contributed by atoms with E-state index >= 15 is 0 Å². The molecule has 1 heterocycles. The summed E-state index contributed by atoms with van der Waals surface area (Å²) >= 11 is 5.70. The summed E-state index contributed by atoms with van der Waals surface area (Å²) in [5.74, 6) is 0.917. The van der Waals surface area contributed by atoms with Crippen molar-refractivity contribution in [2.75, 3.05) is 23.7 Å². The Morgan fingerprint density at radius 1 is 1.29 bits per heavy atom. The highest BCUT2D eigenvalue weighted by Crippen LogP contribution is 2.08. The summed E-state index contributed by atoms with van der Waals surface area (Å²) in [5.41, 5.74) is 0. The molecule has 0 atom stereocenters. The first-order valence-corrected chi connectivity index (χ1v) is 4.64. The Morgan fingerprint density at radius 2 is 1.93 bits per heavy atom. The average Bonchev–Trinajstić information content (AvgIpc) is 2.14. The minimum atomic E-state index is 0.169. The van der Waals surface area contributed by atoms with E-state index in [1.54, 1.807) is 6.08 Å². The number of hydrogen-bond donors (Lipinski definition) is 2. The second-order valence-corrected chi connectivity index (χ2v) is 2.79. The van der Waals surface area contributed by atoms with E-state index in [1.165, 1.54) is 0 Å². The molecule has 0 bridgehead atoms. The number of rotatable bonds is 5. The fourth-order valence-electron chi connectivity index (χ4n) is 0.830. The molecular formula is C8H12ClN5. The van der Waals surface area contributed by atoms with Crippen LogP contribution in [-0.4, -0.2) is 28.0 Å². The third kappa shape index (κ3) is 3.18. The van der Waals surface area contributed by atoms with Gasteiger partial charge in [-0.2, -0.15) is 15.0 Å². The van der Waals surface area contributed by atoms with Gasteiger partial charge in [-0.3, -0.25) is 0 Å². The van der Waals surface area contributed by atoms with Crippen LogP contribution in [-0.2, 0) is 0 Å². The van der Waals surface area contributed by atoms with Crippen LogP contribution in [0.25, 0.3) is 0 Å². The van der Waals surface area contributed by atoms with Crippen LogP contribution in [0, 0.1) is 0 Å². The fraction of sp³-hybridized carbons (Fsp3) is 0.375. The van der Waals surface area contributed by atoms with E-state index < -0.39 is 0 Å². The van der Waals surface area contributed by atoms with E-state index in [1.807, 2.05) is 6.92 Å². The van der Waals surface area contributed by atoms with Gasteiger partial charge in [0.1, 0.15) is 0 Å². The molecule has 0 fully saturated rings. The highest BCUT2D eigenvalue weighted by molar-refractivity contribution is 6.28. The summed E-state index contributed by atoms with van der Waals surface area (Å²) in [6.45, 7) is 6.85. The van der Waals surface area contributed by atoms with Crippen LogP contribution >= 0.6 is 11.6 Å². The van der Waals surface area contributed by atoms with Crippen molar-refractivity contribution in [2.45, 2.75) is 6.92 Å². The lowest BCUT2D eigenvalue weighted by atomic mass is 10.6. The Balaban J connectivity index is 2.77. The minimum absolute atomic E-state index is 0.169. The van der Waals surface area contributed by atoms with E-state index in [-0.39, 0.29) is 5.28 Å². The van der Waals surface area contributed by atoms with Gasteiger partial charge in [0.25, 0.3) is 0 Å². The van der Waals surface area contributed by atoms with Crippen molar-refractivity contribution in [3.8, 4) is 0 Å². The van der Waals surface area contributed by atoms with Crippen LogP contribution in [0.15, 0.2) is 12.7 Å². The normalized spacial score (nSPS) is 9.57. The first-order valence-electron chi connectivity index (χ1n) is 4.26. The number of nitrogens with zero attached hydrogens (tertiary/aromatic N) is 3. The maximum absolute atomic E-state index is 5.70. The largest absolute Gasteiger partial charge is 0.354 e. The van der Waals surface area contributed by atoms with Crippen molar-refractivity contribution in [2.24, 2.45) is 0 Å². The summed E-state index contributed by atoms with van der Waals surface area (Å²) in [6, 6.07) is 0. The van der Waals surface area contributed by atoms with Crippen LogP contribution in [0.5, 0.6) is 0 Å². The summed E-state index contributed by atoms with van der Waals surface area (Å²) in [5, 5.41) is 6.05. The van der Waals surface area contributed by atoms with Crippen LogP contribution in [0.4, 0.5) is 11.9 Å². The first-order chi connectivity index (χ1) is 6.76. The molecule has 0 aliphatic carbocycles. The van der Waals surface area contributed by atoms with Crippen molar-refractivity contribution < 1.29 is 0 Å². The SMILES string of the molecule is C=CCNc1nc(Cl)nc(NCC)n1. The third-order valence-electron chi connectivity index (χ3n) is 1.35. The lowest BCUT2D eigenvalue weighted by Gasteiger charge is -2.04. The molecule has 6 heteroatoms. The van der Waals surface area contributed by atoms with Crippen LogP contribution in [0.1, 0.15) is 6.92 Å². The molecule has 0 aromatic carbocycles. The maximum atomic E-state index is 5.70. The van der Waals surface area contributed by atoms with Crippen molar-refractivity contribution in [1.29, 1.82) is 0 Å². The second kappa shape index (κ2) is 5.39. The Labute approximate surface area is 87.6 Å². The van der Waals surface area contributed by atoms with Gasteiger partial charge in [-0.05, 0) is 18.5 Å². The number of anilines is 2. The van der Waals surface area contributed by atoms with E-state index in [4.69, 9.17) is 11.6 Å². The number of aromatic nitrogens is 3. The van der Waals surface area contributed by atoms with Gasteiger partial charge in [0.15, 0.2) is 0 Å². The lowest BCUT2D eigenvalue weighted by Crippen LogP contribution is -2.08. The van der Waals surface area contributed by atoms with Crippen molar-refractivity contribution >= 4 is 23.5 Å². The van der Waals surface area contributed by atoms with Gasteiger partial charge in [0, 0.05) is 13.1 Å². The maximum Gasteiger partial charge on any atom is 0.229 e. The predicted molar refractivity (Wildman–Crippen MR) is 57.7 cm³/mol. The topological polar surface area (TPSA) is 62.7 Å². The summed E-state index contributed by atoms with van der Waals surface area (Å²) in [7, 11) is 0. The molecule has 1 aromatic heterocycles. The molecule has 5 nitrogen and oxygen atoms in total. The fourth-order valence-corrected chi connectivity index (χ4v) is 0.990. The molecule has 0 radical (unpaired) electrons. The second-order valence-electron chi connectivity index (χ2n) is 2.45. The Kier molecular flexibility index (Phi) is 4.12. The van der Waals surface area contributed by atoms with E-state index in [0.29, 0.717) is 18.4 Å². The smallest absolute Gasteiger partial charge is 0.229 e. The number of nitrogens with one attached hydrogen (secondary N) is 2. The first kappa shape index (κ1) is 10.7. The molecular weight excluding hydrogens is 202 g/mol. The van der Waals surface area contributed by atoms with Crippen molar-refractivity contribution in [1.82, 2.24) is 15.0 Å². The zero-order chi connectivity index (χ0) is 10.4. The zero-order valence-electron chi connectivity index (χ0n) is 7.92. The van der Waals surface area contributed by atoms with Crippen molar-refractivity contribution in [3.05, 3.63) is 17.9 Å². The molecule has 0 amide bonds. The predicted octanol–water partition coefficient (Wildman–Crippen LogP) is 1.55. The molecule has 0 aliphatic rings. The lowest BCUT2D eigenvalue weighted by molar-refractivity contribution is 1.01. The summed E-state index contributed by atoms with van der Waals surface area (Å²) < 4.78 is 0.